The highest BCUT2D eigenvalue weighted by Gasteiger charge is 2.09. The molecule has 0 amide bonds. The van der Waals surface area contributed by atoms with E-state index in [2.05, 4.69) is 31.3 Å². The lowest BCUT2D eigenvalue weighted by Crippen LogP contribution is -2.33. The standard InChI is InChI=1S/C11H18N2/c1-9(2)11(8-12)13-10-6-4-3-5-7-10/h3-7,9,11,13H,8,12H2,1-2H3/t11-/m1/s1. The fourth-order valence-corrected chi connectivity index (χ4v) is 1.25. The van der Waals surface area contributed by atoms with Gasteiger partial charge in [0, 0.05) is 18.3 Å². The van der Waals surface area contributed by atoms with Crippen molar-refractivity contribution in [1.29, 1.82) is 0 Å². The zero-order valence-corrected chi connectivity index (χ0v) is 8.33. The molecule has 2 heteroatoms. The van der Waals surface area contributed by atoms with Crippen LogP contribution in [0.1, 0.15) is 13.8 Å². The summed E-state index contributed by atoms with van der Waals surface area (Å²) >= 11 is 0. The second-order valence-corrected chi connectivity index (χ2v) is 3.60. The first-order valence-electron chi connectivity index (χ1n) is 4.75. The summed E-state index contributed by atoms with van der Waals surface area (Å²) in [6, 6.07) is 10.5. The van der Waals surface area contributed by atoms with Gasteiger partial charge in [0.2, 0.25) is 0 Å². The molecule has 2 nitrogen and oxygen atoms in total. The summed E-state index contributed by atoms with van der Waals surface area (Å²) in [6.07, 6.45) is 0. The van der Waals surface area contributed by atoms with Crippen LogP contribution in [0.15, 0.2) is 30.3 Å². The number of para-hydroxylation sites is 1. The Morgan fingerprint density at radius 2 is 1.85 bits per heavy atom. The predicted molar refractivity (Wildman–Crippen MR) is 57.7 cm³/mol. The number of nitrogens with two attached hydrogens (primary N) is 1. The highest BCUT2D eigenvalue weighted by molar-refractivity contribution is 5.43. The average molecular weight is 178 g/mol. The van der Waals surface area contributed by atoms with Gasteiger partial charge in [0.05, 0.1) is 0 Å². The van der Waals surface area contributed by atoms with Crippen molar-refractivity contribution in [2.24, 2.45) is 11.7 Å². The maximum absolute atomic E-state index is 5.66. The van der Waals surface area contributed by atoms with E-state index in [9.17, 15) is 0 Å². The topological polar surface area (TPSA) is 38.0 Å². The van der Waals surface area contributed by atoms with E-state index in [0.717, 1.165) is 5.69 Å². The van der Waals surface area contributed by atoms with Gasteiger partial charge in [-0.3, -0.25) is 0 Å². The van der Waals surface area contributed by atoms with Gasteiger partial charge in [-0.05, 0) is 18.1 Å². The van der Waals surface area contributed by atoms with Crippen LogP contribution in [0.5, 0.6) is 0 Å². The van der Waals surface area contributed by atoms with Gasteiger partial charge in [0.15, 0.2) is 0 Å². The highest BCUT2D eigenvalue weighted by Crippen LogP contribution is 2.10. The summed E-state index contributed by atoms with van der Waals surface area (Å²) in [5.41, 5.74) is 6.80. The van der Waals surface area contributed by atoms with E-state index in [1.54, 1.807) is 0 Å². The number of rotatable bonds is 4. The summed E-state index contributed by atoms with van der Waals surface area (Å²) in [7, 11) is 0. The fraction of sp³-hybridized carbons (Fsp3) is 0.455. The molecule has 1 rings (SSSR count). The monoisotopic (exact) mass is 178 g/mol. The van der Waals surface area contributed by atoms with Crippen LogP contribution in [0.25, 0.3) is 0 Å². The molecule has 0 heterocycles. The van der Waals surface area contributed by atoms with Gasteiger partial charge in [0.25, 0.3) is 0 Å². The molecule has 0 radical (unpaired) electrons. The van der Waals surface area contributed by atoms with Crippen LogP contribution >= 0.6 is 0 Å². The second kappa shape index (κ2) is 4.87. The first kappa shape index (κ1) is 10.1. The van der Waals surface area contributed by atoms with Crippen LogP contribution in [-0.2, 0) is 0 Å². The Bertz CT molecular complexity index is 231. The van der Waals surface area contributed by atoms with Crippen molar-refractivity contribution in [3.8, 4) is 0 Å². The van der Waals surface area contributed by atoms with Gasteiger partial charge in [-0.2, -0.15) is 0 Å². The largest absolute Gasteiger partial charge is 0.381 e. The van der Waals surface area contributed by atoms with Gasteiger partial charge in [-0.15, -0.1) is 0 Å². The maximum Gasteiger partial charge on any atom is 0.0406 e. The van der Waals surface area contributed by atoms with Gasteiger partial charge >= 0.3 is 0 Å². The minimum atomic E-state index is 0.363. The molecule has 1 atom stereocenters. The van der Waals surface area contributed by atoms with E-state index in [4.69, 9.17) is 5.73 Å². The molecule has 0 aliphatic rings. The van der Waals surface area contributed by atoms with E-state index in [1.807, 2.05) is 18.2 Å². The molecule has 0 aromatic heterocycles. The molecule has 1 aromatic rings. The van der Waals surface area contributed by atoms with Crippen LogP contribution in [0.3, 0.4) is 0 Å². The van der Waals surface area contributed by atoms with Gasteiger partial charge in [-0.1, -0.05) is 32.0 Å². The van der Waals surface area contributed by atoms with Crippen molar-refractivity contribution < 1.29 is 0 Å². The molecule has 0 aliphatic heterocycles. The molecule has 0 saturated carbocycles. The average Bonchev–Trinajstić information content (AvgIpc) is 2.15. The lowest BCUT2D eigenvalue weighted by Gasteiger charge is -2.21. The maximum atomic E-state index is 5.66. The summed E-state index contributed by atoms with van der Waals surface area (Å²) in [5.74, 6) is 0.560. The summed E-state index contributed by atoms with van der Waals surface area (Å²) in [4.78, 5) is 0. The molecule has 0 spiro atoms. The van der Waals surface area contributed by atoms with Crippen molar-refractivity contribution in [3.05, 3.63) is 30.3 Å². The zero-order valence-electron chi connectivity index (χ0n) is 8.33. The van der Waals surface area contributed by atoms with Crippen molar-refractivity contribution in [1.82, 2.24) is 0 Å². The minimum absolute atomic E-state index is 0.363. The van der Waals surface area contributed by atoms with Gasteiger partial charge in [-0.25, -0.2) is 0 Å². The number of benzene rings is 1. The smallest absolute Gasteiger partial charge is 0.0406 e. The van der Waals surface area contributed by atoms with Crippen LogP contribution < -0.4 is 11.1 Å². The SMILES string of the molecule is CC(C)[C@@H](CN)Nc1ccccc1. The van der Waals surface area contributed by atoms with E-state index < -0.39 is 0 Å². The van der Waals surface area contributed by atoms with E-state index >= 15 is 0 Å². The number of hydrogen-bond acceptors (Lipinski definition) is 2. The summed E-state index contributed by atoms with van der Waals surface area (Å²) < 4.78 is 0. The molecule has 3 N–H and O–H groups in total. The molecule has 0 unspecified atom stereocenters. The third kappa shape index (κ3) is 3.07. The Morgan fingerprint density at radius 3 is 2.31 bits per heavy atom. The first-order chi connectivity index (χ1) is 6.24. The highest BCUT2D eigenvalue weighted by atomic mass is 14.9. The van der Waals surface area contributed by atoms with Crippen molar-refractivity contribution in [2.75, 3.05) is 11.9 Å². The third-order valence-corrected chi connectivity index (χ3v) is 2.18. The molecule has 0 aliphatic carbocycles. The molecular formula is C11H18N2. The van der Waals surface area contributed by atoms with E-state index in [1.165, 1.54) is 0 Å². The third-order valence-electron chi connectivity index (χ3n) is 2.18. The number of hydrogen-bond donors (Lipinski definition) is 2. The zero-order chi connectivity index (χ0) is 9.68. The lowest BCUT2D eigenvalue weighted by molar-refractivity contribution is 0.531. The van der Waals surface area contributed by atoms with E-state index in [0.29, 0.717) is 18.5 Å². The van der Waals surface area contributed by atoms with Crippen LogP contribution in [0, 0.1) is 5.92 Å². The van der Waals surface area contributed by atoms with Crippen molar-refractivity contribution in [3.63, 3.8) is 0 Å². The molecule has 1 aromatic carbocycles. The molecule has 0 fully saturated rings. The predicted octanol–water partition coefficient (Wildman–Crippen LogP) is 2.08. The van der Waals surface area contributed by atoms with Gasteiger partial charge in [0.1, 0.15) is 0 Å². The number of nitrogens with one attached hydrogen (secondary N) is 1. The Morgan fingerprint density at radius 1 is 1.23 bits per heavy atom. The summed E-state index contributed by atoms with van der Waals surface area (Å²) in [6.45, 7) is 5.02. The Kier molecular flexibility index (Phi) is 3.77. The van der Waals surface area contributed by atoms with Crippen LogP contribution in [0.4, 0.5) is 5.69 Å². The van der Waals surface area contributed by atoms with Crippen LogP contribution in [-0.4, -0.2) is 12.6 Å². The van der Waals surface area contributed by atoms with Crippen molar-refractivity contribution >= 4 is 5.69 Å². The molecule has 0 saturated heterocycles. The number of anilines is 1. The van der Waals surface area contributed by atoms with Crippen LogP contribution in [0.2, 0.25) is 0 Å². The van der Waals surface area contributed by atoms with E-state index in [-0.39, 0.29) is 0 Å². The Hall–Kier alpha value is -1.02. The normalized spacial score (nSPS) is 12.9. The molecule has 13 heavy (non-hydrogen) atoms. The minimum Gasteiger partial charge on any atom is -0.381 e. The molecule has 72 valence electrons. The lowest BCUT2D eigenvalue weighted by atomic mass is 10.0. The van der Waals surface area contributed by atoms with Crippen molar-refractivity contribution in [2.45, 2.75) is 19.9 Å². The quantitative estimate of drug-likeness (QED) is 0.740. The summed E-state index contributed by atoms with van der Waals surface area (Å²) in [5, 5.41) is 3.40. The molecular weight excluding hydrogens is 160 g/mol. The van der Waals surface area contributed by atoms with Gasteiger partial charge < -0.3 is 11.1 Å². The Labute approximate surface area is 80.1 Å². The molecule has 0 bridgehead atoms. The fourth-order valence-electron chi connectivity index (χ4n) is 1.25. The second-order valence-electron chi connectivity index (χ2n) is 3.60. The first-order valence-corrected chi connectivity index (χ1v) is 4.75. The Balaban J connectivity index is 2.57.